The molecule has 7 nitrogen and oxygen atoms in total. The van der Waals surface area contributed by atoms with Crippen molar-refractivity contribution in [3.05, 3.63) is 95.6 Å². The molecule has 0 heterocycles. The molecule has 0 bridgehead atoms. The lowest BCUT2D eigenvalue weighted by molar-refractivity contribution is -0.140. The molecule has 0 aliphatic heterocycles. The number of nitrogens with one attached hydrogen (secondary N) is 1. The molecule has 0 unspecified atom stereocenters. The number of anilines is 1. The van der Waals surface area contributed by atoms with Crippen LogP contribution in [0.15, 0.2) is 83.8 Å². The second kappa shape index (κ2) is 14.7. The molecule has 0 spiro atoms. The van der Waals surface area contributed by atoms with E-state index in [9.17, 15) is 18.0 Å². The van der Waals surface area contributed by atoms with Gasteiger partial charge >= 0.3 is 0 Å². The number of hydrogen-bond donors (Lipinski definition) is 1. The number of aryl methyl sites for hydroxylation is 1. The first kappa shape index (κ1) is 32.3. The van der Waals surface area contributed by atoms with Gasteiger partial charge in [0.2, 0.25) is 11.8 Å². The Bertz CT molecular complexity index is 1470. The van der Waals surface area contributed by atoms with Crippen molar-refractivity contribution in [1.82, 2.24) is 10.2 Å². The van der Waals surface area contributed by atoms with Gasteiger partial charge in [0, 0.05) is 12.6 Å². The highest BCUT2D eigenvalue weighted by molar-refractivity contribution is 7.92. The SMILES string of the molecule is CC[C@H](C(=O)NC1CCCCC1)N(Cc1ccccc1C)C(=O)CN(c1ccc(C(C)C)cc1)S(=O)(=O)c1ccccc1. The molecule has 3 aromatic rings. The van der Waals surface area contributed by atoms with E-state index in [2.05, 4.69) is 19.2 Å². The Morgan fingerprint density at radius 1 is 0.884 bits per heavy atom. The fraction of sp³-hybridized carbons (Fsp3) is 0.429. The number of rotatable bonds is 12. The van der Waals surface area contributed by atoms with Gasteiger partial charge in [0.15, 0.2) is 0 Å². The van der Waals surface area contributed by atoms with Crippen LogP contribution in [0.3, 0.4) is 0 Å². The Labute approximate surface area is 257 Å². The lowest BCUT2D eigenvalue weighted by Gasteiger charge is -2.34. The quantitative estimate of drug-likeness (QED) is 0.254. The van der Waals surface area contributed by atoms with E-state index in [1.165, 1.54) is 22.9 Å². The molecular weight excluding hydrogens is 558 g/mol. The van der Waals surface area contributed by atoms with Crippen molar-refractivity contribution in [3.63, 3.8) is 0 Å². The van der Waals surface area contributed by atoms with Crippen molar-refractivity contribution in [2.75, 3.05) is 10.8 Å². The molecule has 3 aromatic carbocycles. The van der Waals surface area contributed by atoms with E-state index in [1.54, 1.807) is 35.2 Å². The maximum Gasteiger partial charge on any atom is 0.264 e. The first-order chi connectivity index (χ1) is 20.6. The Balaban J connectivity index is 1.71. The highest BCUT2D eigenvalue weighted by Crippen LogP contribution is 2.27. The molecule has 43 heavy (non-hydrogen) atoms. The number of carbonyl (C=O) groups is 2. The zero-order valence-corrected chi connectivity index (χ0v) is 26.6. The van der Waals surface area contributed by atoms with Crippen molar-refractivity contribution in [2.45, 2.75) is 95.7 Å². The minimum absolute atomic E-state index is 0.0974. The van der Waals surface area contributed by atoms with Crippen molar-refractivity contribution in [1.29, 1.82) is 0 Å². The van der Waals surface area contributed by atoms with Crippen LogP contribution in [0.4, 0.5) is 5.69 Å². The Morgan fingerprint density at radius 2 is 1.51 bits per heavy atom. The summed E-state index contributed by atoms with van der Waals surface area (Å²) in [4.78, 5) is 29.7. The van der Waals surface area contributed by atoms with Gasteiger partial charge in [-0.05, 0) is 73.1 Å². The topological polar surface area (TPSA) is 86.8 Å². The first-order valence-electron chi connectivity index (χ1n) is 15.4. The smallest absolute Gasteiger partial charge is 0.264 e. The van der Waals surface area contributed by atoms with Crippen LogP contribution in [0.1, 0.15) is 81.9 Å². The number of carbonyl (C=O) groups excluding carboxylic acids is 2. The fourth-order valence-electron chi connectivity index (χ4n) is 5.71. The van der Waals surface area contributed by atoms with E-state index in [0.29, 0.717) is 12.1 Å². The molecule has 1 atom stereocenters. The summed E-state index contributed by atoms with van der Waals surface area (Å²) in [6.07, 6.45) is 5.60. The third-order valence-electron chi connectivity index (χ3n) is 8.40. The summed E-state index contributed by atoms with van der Waals surface area (Å²) in [5, 5.41) is 3.20. The van der Waals surface area contributed by atoms with Crippen molar-refractivity contribution < 1.29 is 18.0 Å². The van der Waals surface area contributed by atoms with E-state index in [0.717, 1.165) is 42.4 Å². The lowest BCUT2D eigenvalue weighted by atomic mass is 9.95. The molecule has 1 saturated carbocycles. The largest absolute Gasteiger partial charge is 0.352 e. The monoisotopic (exact) mass is 603 g/mol. The zero-order valence-electron chi connectivity index (χ0n) is 25.8. The predicted molar refractivity (Wildman–Crippen MR) is 172 cm³/mol. The maximum atomic E-state index is 14.3. The van der Waals surface area contributed by atoms with E-state index in [1.807, 2.05) is 50.2 Å². The average Bonchev–Trinajstić information content (AvgIpc) is 3.01. The van der Waals surface area contributed by atoms with Crippen LogP contribution in [-0.2, 0) is 26.2 Å². The van der Waals surface area contributed by atoms with E-state index < -0.39 is 28.5 Å². The van der Waals surface area contributed by atoms with E-state index >= 15 is 0 Å². The highest BCUT2D eigenvalue weighted by atomic mass is 32.2. The number of hydrogen-bond acceptors (Lipinski definition) is 4. The molecule has 1 N–H and O–H groups in total. The van der Waals surface area contributed by atoms with Gasteiger partial charge in [0.1, 0.15) is 12.6 Å². The molecule has 4 rings (SSSR count). The fourth-order valence-corrected chi connectivity index (χ4v) is 7.14. The predicted octanol–water partition coefficient (Wildman–Crippen LogP) is 6.57. The van der Waals surface area contributed by atoms with Crippen LogP contribution < -0.4 is 9.62 Å². The number of sulfonamides is 1. The molecule has 0 saturated heterocycles. The van der Waals surface area contributed by atoms with Gasteiger partial charge in [-0.3, -0.25) is 13.9 Å². The normalized spacial score (nSPS) is 14.7. The lowest BCUT2D eigenvalue weighted by Crippen LogP contribution is -2.54. The molecular formula is C35H45N3O4S. The van der Waals surface area contributed by atoms with Crippen LogP contribution in [0.2, 0.25) is 0 Å². The number of nitrogens with zero attached hydrogens (tertiary/aromatic N) is 2. The second-order valence-electron chi connectivity index (χ2n) is 11.8. The van der Waals surface area contributed by atoms with Crippen LogP contribution in [0, 0.1) is 6.92 Å². The van der Waals surface area contributed by atoms with Gasteiger partial charge in [0.25, 0.3) is 10.0 Å². The molecule has 0 radical (unpaired) electrons. The van der Waals surface area contributed by atoms with Crippen LogP contribution in [0.5, 0.6) is 0 Å². The van der Waals surface area contributed by atoms with Crippen LogP contribution in [0.25, 0.3) is 0 Å². The van der Waals surface area contributed by atoms with Crippen molar-refractivity contribution in [3.8, 4) is 0 Å². The van der Waals surface area contributed by atoms with E-state index in [4.69, 9.17) is 0 Å². The maximum absolute atomic E-state index is 14.3. The third-order valence-corrected chi connectivity index (χ3v) is 10.2. The summed E-state index contributed by atoms with van der Waals surface area (Å²) >= 11 is 0. The summed E-state index contributed by atoms with van der Waals surface area (Å²) in [5.41, 5.74) is 3.38. The molecule has 0 aromatic heterocycles. The van der Waals surface area contributed by atoms with Gasteiger partial charge < -0.3 is 10.2 Å². The third kappa shape index (κ3) is 8.05. The second-order valence-corrected chi connectivity index (χ2v) is 13.6. The molecule has 1 aliphatic rings. The zero-order chi connectivity index (χ0) is 31.0. The standard InChI is InChI=1S/C35H45N3O4S/c1-5-33(35(40)36-30-16-8-6-9-17-30)37(24-29-15-13-12-14-27(29)4)34(39)25-38(31-22-20-28(21-23-31)26(2)3)43(41,42)32-18-10-7-11-19-32/h7,10-15,18-23,26,30,33H,5-6,8-9,16-17,24-25H2,1-4H3,(H,36,40)/t33-/m1/s1. The van der Waals surface area contributed by atoms with Crippen LogP contribution in [-0.4, -0.2) is 43.8 Å². The number of amides is 2. The minimum Gasteiger partial charge on any atom is -0.352 e. The molecule has 8 heteroatoms. The van der Waals surface area contributed by atoms with Crippen LogP contribution >= 0.6 is 0 Å². The molecule has 230 valence electrons. The molecule has 1 fully saturated rings. The highest BCUT2D eigenvalue weighted by Gasteiger charge is 2.34. The Kier molecular flexibility index (Phi) is 11.0. The summed E-state index contributed by atoms with van der Waals surface area (Å²) in [5.74, 6) is -0.344. The first-order valence-corrected chi connectivity index (χ1v) is 16.9. The minimum atomic E-state index is -4.09. The molecule has 1 aliphatic carbocycles. The summed E-state index contributed by atoms with van der Waals surface area (Å²) in [7, 11) is -4.09. The molecule has 2 amide bonds. The van der Waals surface area contributed by atoms with Gasteiger partial charge in [-0.15, -0.1) is 0 Å². The van der Waals surface area contributed by atoms with Gasteiger partial charge in [-0.25, -0.2) is 8.42 Å². The van der Waals surface area contributed by atoms with Crippen molar-refractivity contribution >= 4 is 27.5 Å². The summed E-state index contributed by atoms with van der Waals surface area (Å²) in [6, 6.07) is 22.6. The number of benzene rings is 3. The van der Waals surface area contributed by atoms with E-state index in [-0.39, 0.29) is 29.3 Å². The summed E-state index contributed by atoms with van der Waals surface area (Å²) < 4.78 is 29.2. The van der Waals surface area contributed by atoms with Gasteiger partial charge in [0.05, 0.1) is 10.6 Å². The Hall–Kier alpha value is -3.65. The summed E-state index contributed by atoms with van der Waals surface area (Å²) in [6.45, 7) is 7.79. The van der Waals surface area contributed by atoms with Gasteiger partial charge in [-0.2, -0.15) is 0 Å². The average molecular weight is 604 g/mol. The Morgan fingerprint density at radius 3 is 2.12 bits per heavy atom. The van der Waals surface area contributed by atoms with Gasteiger partial charge in [-0.1, -0.05) is 94.6 Å². The van der Waals surface area contributed by atoms with Crippen molar-refractivity contribution in [2.24, 2.45) is 0 Å².